The molecule has 0 fully saturated rings. The molecule has 4 heterocycles. The van der Waals surface area contributed by atoms with Crippen molar-refractivity contribution in [1.82, 2.24) is 9.13 Å². The van der Waals surface area contributed by atoms with Crippen LogP contribution in [0.1, 0.15) is 24.6 Å². The Balaban J connectivity index is 0.783. The zero-order valence-corrected chi connectivity index (χ0v) is 43.1. The van der Waals surface area contributed by atoms with Crippen LogP contribution in [0.3, 0.4) is 0 Å². The Labute approximate surface area is 411 Å². The van der Waals surface area contributed by atoms with Crippen molar-refractivity contribution in [3.63, 3.8) is 0 Å². The zero-order valence-electron chi connectivity index (χ0n) is 38.8. The van der Waals surface area contributed by atoms with Crippen LogP contribution in [0.25, 0.3) is 100 Å². The van der Waals surface area contributed by atoms with Crippen molar-refractivity contribution in [3.8, 4) is 61.3 Å². The van der Waals surface area contributed by atoms with Gasteiger partial charge >= 0.3 is 415 Å². The van der Waals surface area contributed by atoms with Crippen molar-refractivity contribution in [2.24, 2.45) is 7.05 Å². The van der Waals surface area contributed by atoms with Crippen LogP contribution in [0.4, 0.5) is 0 Å². The summed E-state index contributed by atoms with van der Waals surface area (Å²) in [6, 6.07) is 73.9. The van der Waals surface area contributed by atoms with E-state index in [9.17, 15) is 0 Å². The Morgan fingerprint density at radius 2 is 0.986 bits per heavy atom. The number of halogens is 2. The van der Waals surface area contributed by atoms with E-state index in [1.165, 1.54) is 117 Å². The van der Waals surface area contributed by atoms with Gasteiger partial charge in [0.15, 0.2) is 0 Å². The molecule has 11 aromatic rings. The van der Waals surface area contributed by atoms with Crippen molar-refractivity contribution in [1.29, 1.82) is 0 Å². The van der Waals surface area contributed by atoms with Gasteiger partial charge in [-0.25, -0.2) is 0 Å². The molecule has 2 aliphatic heterocycles. The van der Waals surface area contributed by atoms with Gasteiger partial charge in [0.25, 0.3) is 0 Å². The van der Waals surface area contributed by atoms with E-state index in [1.54, 1.807) is 0 Å². The molecule has 0 N–H and O–H groups in total. The summed E-state index contributed by atoms with van der Waals surface area (Å²) in [5.74, 6) is 0. The second kappa shape index (κ2) is 15.4. The maximum atomic E-state index is 5.23. The molecular formula is C65H50I2N2. The van der Waals surface area contributed by atoms with Crippen molar-refractivity contribution in [3.05, 3.63) is 229 Å². The Hall–Kier alpha value is -6.74. The monoisotopic (exact) mass is 1110 g/mol. The quantitative estimate of drug-likeness (QED) is 0.116. The number of rotatable bonds is 6. The Morgan fingerprint density at radius 3 is 1.72 bits per heavy atom. The average molecular weight is 1110 g/mol. The molecular weight excluding hydrogens is 1060 g/mol. The van der Waals surface area contributed by atoms with Crippen LogP contribution in [0.5, 0.6) is 0 Å². The first-order valence-electron chi connectivity index (χ1n) is 24.0. The minimum absolute atomic E-state index is 1.10. The van der Waals surface area contributed by atoms with Gasteiger partial charge in [-0.2, -0.15) is 0 Å². The summed E-state index contributed by atoms with van der Waals surface area (Å²) < 4.78 is 23.4. The van der Waals surface area contributed by atoms with Crippen LogP contribution >= 0.6 is 35.9 Å². The number of aryl methyl sites for hydroxylation is 2. The summed E-state index contributed by atoms with van der Waals surface area (Å²) in [5.41, 5.74) is 20.7. The molecule has 9 aromatic carbocycles. The number of alkyl halides is 1. The molecule has 1 aliphatic carbocycles. The van der Waals surface area contributed by atoms with E-state index >= 15 is 0 Å². The second-order valence-electron chi connectivity index (χ2n) is 18.9. The topological polar surface area (TPSA) is 9.86 Å². The average Bonchev–Trinajstić information content (AvgIpc) is 4.07. The summed E-state index contributed by atoms with van der Waals surface area (Å²) in [7, 11) is 2.20. The van der Waals surface area contributed by atoms with Crippen molar-refractivity contribution in [2.75, 3.05) is 4.43 Å². The number of hydrogen-bond acceptors (Lipinski definition) is 0. The molecule has 2 nitrogen and oxygen atoms in total. The van der Waals surface area contributed by atoms with Crippen LogP contribution in [-0.4, -0.2) is 22.6 Å². The van der Waals surface area contributed by atoms with Crippen LogP contribution in [0.15, 0.2) is 200 Å². The molecule has 2 atom stereocenters. The second-order valence-corrected chi connectivity index (χ2v) is 34.8. The van der Waals surface area contributed by atoms with E-state index < -0.39 is 35.9 Å². The first-order valence-corrected chi connectivity index (χ1v) is 34.0. The molecule has 69 heavy (non-hydrogen) atoms. The third-order valence-corrected chi connectivity index (χ3v) is 33.0. The Bertz CT molecular complexity index is 4120. The molecule has 334 valence electrons. The molecule has 4 heteroatoms. The van der Waals surface area contributed by atoms with E-state index in [0.717, 1.165) is 23.0 Å². The van der Waals surface area contributed by atoms with Gasteiger partial charge in [0.05, 0.1) is 0 Å². The molecule has 2 unspecified atom stereocenters. The zero-order chi connectivity index (χ0) is 46.2. The van der Waals surface area contributed by atoms with Crippen molar-refractivity contribution in [2.45, 2.75) is 19.8 Å². The molecule has 0 amide bonds. The Morgan fingerprint density at radius 1 is 0.464 bits per heavy atom. The van der Waals surface area contributed by atoms with E-state index in [0.29, 0.717) is 0 Å². The number of para-hydroxylation sites is 1. The van der Waals surface area contributed by atoms with Gasteiger partial charge in [-0.3, -0.25) is 0 Å². The number of benzene rings is 9. The summed E-state index contributed by atoms with van der Waals surface area (Å²) in [4.78, 5) is 0. The van der Waals surface area contributed by atoms with E-state index in [1.807, 2.05) is 0 Å². The van der Waals surface area contributed by atoms with Gasteiger partial charge in [-0.15, -0.1) is 0 Å². The van der Waals surface area contributed by atoms with Gasteiger partial charge in [0.2, 0.25) is 0 Å². The van der Waals surface area contributed by atoms with Crippen LogP contribution in [-0.2, 0) is 13.5 Å². The molecule has 0 saturated carbocycles. The van der Waals surface area contributed by atoms with Gasteiger partial charge < -0.3 is 0 Å². The summed E-state index contributed by atoms with van der Waals surface area (Å²) in [6.07, 6.45) is 6.81. The first-order chi connectivity index (χ1) is 33.8. The Kier molecular flexibility index (Phi) is 9.20. The number of nitrogens with zero attached hydrogens (tertiary/aromatic N) is 2. The molecule has 3 aliphatic rings. The fraction of sp³-hybridized carbons (Fsp3) is 0.0769. The molecule has 2 aromatic heterocycles. The first kappa shape index (κ1) is 41.3. The van der Waals surface area contributed by atoms with Crippen LogP contribution < -0.4 is 0 Å². The standard InChI is InChI=1S/C65H50I2N2/c1-5-66(2)58-18-10-6-14-50(58)54-38-44(26-34-59(54)66)47-29-37-65-57(41-47)53-17-9-13-21-64(53)69(65)49-32-24-43(25-33-49)42-22-30-48(31-23-42)67(3)60-19-11-7-15-51(60)55-39-45(27-35-61(55)67)46-28-36-63-56(40-46)52-16-8-12-20-62(52)68(63)4/h6-7,9-15,17-41H,2-3,5,8,16H2,1,4H3. The molecule has 0 spiro atoms. The normalized spacial score (nSPS) is 19.4. The molecule has 0 saturated heterocycles. The van der Waals surface area contributed by atoms with Gasteiger partial charge in [0, 0.05) is 0 Å². The number of aromatic nitrogens is 2. The van der Waals surface area contributed by atoms with Gasteiger partial charge in [-0.1, -0.05) is 0 Å². The van der Waals surface area contributed by atoms with Crippen molar-refractivity contribution < 1.29 is 0 Å². The minimum atomic E-state index is -3.12. The number of allylic oxidation sites excluding steroid dienone is 1. The van der Waals surface area contributed by atoms with E-state index in [-0.39, 0.29) is 0 Å². The number of hydrogen-bond donors (Lipinski definition) is 0. The van der Waals surface area contributed by atoms with Gasteiger partial charge in [0.1, 0.15) is 0 Å². The van der Waals surface area contributed by atoms with E-state index in [4.69, 9.17) is 9.03 Å². The van der Waals surface area contributed by atoms with Crippen molar-refractivity contribution >= 4 is 83.7 Å². The summed E-state index contributed by atoms with van der Waals surface area (Å²) >= 11 is -5.61. The predicted octanol–water partition coefficient (Wildman–Crippen LogP) is 17.1. The predicted molar refractivity (Wildman–Crippen MR) is 315 cm³/mol. The third kappa shape index (κ3) is 5.94. The fourth-order valence-corrected chi connectivity index (χ4v) is 27.1. The van der Waals surface area contributed by atoms with E-state index in [2.05, 4.69) is 229 Å². The third-order valence-electron chi connectivity index (χ3n) is 15.4. The summed E-state index contributed by atoms with van der Waals surface area (Å²) in [6.45, 7) is 2.33. The van der Waals surface area contributed by atoms with Crippen LogP contribution in [0, 0.1) is 17.9 Å². The van der Waals surface area contributed by atoms with Gasteiger partial charge in [-0.05, 0) is 0 Å². The SMILES string of the molecule is C=I1(CC)c2ccccc2-c2cc(-c3ccc4c(c3)c3ccccc3n4-c3ccc(-c4ccc(I5(=C)c6ccccc6-c6cc(-c7ccc8c(c7)c7c(n8C)C=CCC7)ccc65)cc4)cc3)ccc21. The summed E-state index contributed by atoms with van der Waals surface area (Å²) in [5, 5.41) is 3.91. The molecule has 0 bridgehead atoms. The molecule has 14 rings (SSSR count). The van der Waals surface area contributed by atoms with Crippen LogP contribution in [0.2, 0.25) is 0 Å². The maximum absolute atomic E-state index is 5.23. The molecule has 0 radical (unpaired) electrons. The number of fused-ring (bicyclic) bond motifs is 12. The fourth-order valence-electron chi connectivity index (χ4n) is 11.8.